The molecule has 0 atom stereocenters. The summed E-state index contributed by atoms with van der Waals surface area (Å²) in [5.41, 5.74) is 1.28. The van der Waals surface area contributed by atoms with Gasteiger partial charge in [-0.3, -0.25) is 4.79 Å². The lowest BCUT2D eigenvalue weighted by Crippen LogP contribution is -2.37. The van der Waals surface area contributed by atoms with E-state index < -0.39 is 12.1 Å². The maximum absolute atomic E-state index is 12.1. The minimum Gasteiger partial charge on any atom is -0.497 e. The van der Waals surface area contributed by atoms with Gasteiger partial charge in [0.2, 0.25) is 0 Å². The average molecular weight is 333 g/mol. The van der Waals surface area contributed by atoms with Crippen LogP contribution < -0.4 is 10.1 Å². The quantitative estimate of drug-likeness (QED) is 0.875. The number of hydrogen-bond donors (Lipinski definition) is 1. The van der Waals surface area contributed by atoms with Crippen LogP contribution in [0.5, 0.6) is 5.75 Å². The Bertz CT molecular complexity index is 704. The van der Waals surface area contributed by atoms with E-state index in [1.807, 2.05) is 5.32 Å². The molecule has 4 nitrogen and oxygen atoms in total. The molecule has 0 radical (unpaired) electrons. The van der Waals surface area contributed by atoms with Crippen molar-refractivity contribution in [1.82, 2.24) is 10.3 Å². The normalized spacial score (nSPS) is 11.5. The van der Waals surface area contributed by atoms with Crippen molar-refractivity contribution in [1.29, 1.82) is 0 Å². The maximum atomic E-state index is 12.1. The van der Waals surface area contributed by atoms with Gasteiger partial charge in [0.25, 0.3) is 0 Å². The molecule has 0 spiro atoms. The van der Waals surface area contributed by atoms with Crippen molar-refractivity contribution < 1.29 is 22.7 Å². The minimum atomic E-state index is -4.89. The van der Waals surface area contributed by atoms with Gasteiger partial charge in [-0.1, -0.05) is 11.6 Å². The Labute approximate surface area is 129 Å². The van der Waals surface area contributed by atoms with Gasteiger partial charge in [-0.15, -0.1) is 0 Å². The van der Waals surface area contributed by atoms with Crippen molar-refractivity contribution in [2.75, 3.05) is 13.7 Å². The number of methoxy groups -OCH3 is 1. The first-order chi connectivity index (χ1) is 10.3. The predicted octanol–water partition coefficient (Wildman–Crippen LogP) is 3.12. The molecule has 0 aliphatic rings. The Morgan fingerprint density at radius 3 is 2.73 bits per heavy atom. The zero-order valence-electron chi connectivity index (χ0n) is 11.5. The van der Waals surface area contributed by atoms with Crippen LogP contribution in [0.2, 0.25) is 5.15 Å². The van der Waals surface area contributed by atoms with E-state index in [0.717, 1.165) is 0 Å². The molecule has 2 rings (SSSR count). The van der Waals surface area contributed by atoms with Crippen LogP contribution in [0.25, 0.3) is 10.9 Å². The third kappa shape index (κ3) is 3.79. The maximum Gasteiger partial charge on any atom is 0.471 e. The van der Waals surface area contributed by atoms with Crippen LogP contribution in [0.4, 0.5) is 13.2 Å². The highest BCUT2D eigenvalue weighted by Gasteiger charge is 2.38. The van der Waals surface area contributed by atoms with Crippen LogP contribution in [0.1, 0.15) is 5.56 Å². The average Bonchev–Trinajstić information content (AvgIpc) is 2.45. The lowest BCUT2D eigenvalue weighted by atomic mass is 10.1. The fourth-order valence-electron chi connectivity index (χ4n) is 1.98. The molecule has 0 aliphatic carbocycles. The number of aromatic nitrogens is 1. The smallest absolute Gasteiger partial charge is 0.471 e. The largest absolute Gasteiger partial charge is 0.497 e. The summed E-state index contributed by atoms with van der Waals surface area (Å²) in [6.45, 7) is -0.162. The summed E-state index contributed by atoms with van der Waals surface area (Å²) in [4.78, 5) is 14.9. The van der Waals surface area contributed by atoms with Gasteiger partial charge in [0, 0.05) is 11.9 Å². The van der Waals surface area contributed by atoms with Gasteiger partial charge in [0.1, 0.15) is 10.9 Å². The second kappa shape index (κ2) is 6.39. The summed E-state index contributed by atoms with van der Waals surface area (Å²) in [5, 5.41) is 2.77. The third-order valence-corrected chi connectivity index (χ3v) is 3.20. The molecule has 0 bridgehead atoms. The number of amides is 1. The van der Waals surface area contributed by atoms with E-state index in [2.05, 4.69) is 4.98 Å². The van der Waals surface area contributed by atoms with Crippen molar-refractivity contribution in [3.8, 4) is 5.75 Å². The molecule has 0 unspecified atom stereocenters. The van der Waals surface area contributed by atoms with Crippen LogP contribution in [0.3, 0.4) is 0 Å². The van der Waals surface area contributed by atoms with E-state index in [1.165, 1.54) is 7.11 Å². The molecule has 22 heavy (non-hydrogen) atoms. The molecule has 0 saturated heterocycles. The van der Waals surface area contributed by atoms with Gasteiger partial charge in [0.15, 0.2) is 0 Å². The predicted molar refractivity (Wildman–Crippen MR) is 76.1 cm³/mol. The molecule has 0 saturated carbocycles. The van der Waals surface area contributed by atoms with Gasteiger partial charge >= 0.3 is 12.1 Å². The van der Waals surface area contributed by atoms with E-state index in [-0.39, 0.29) is 18.1 Å². The molecule has 1 amide bonds. The molecule has 1 N–H and O–H groups in total. The molecular weight excluding hydrogens is 321 g/mol. The Balaban J connectivity index is 2.21. The number of carbonyl (C=O) groups is 1. The first-order valence-corrected chi connectivity index (χ1v) is 6.67. The molecule has 1 aromatic heterocycles. The Kier molecular flexibility index (Phi) is 4.75. The summed E-state index contributed by atoms with van der Waals surface area (Å²) in [5.74, 6) is -1.37. The van der Waals surface area contributed by atoms with E-state index in [4.69, 9.17) is 16.3 Å². The number of benzene rings is 1. The van der Waals surface area contributed by atoms with E-state index in [1.54, 1.807) is 24.3 Å². The van der Waals surface area contributed by atoms with E-state index >= 15 is 0 Å². The van der Waals surface area contributed by atoms with E-state index in [0.29, 0.717) is 22.2 Å². The number of nitrogens with zero attached hydrogens (tertiary/aromatic N) is 1. The van der Waals surface area contributed by atoms with Crippen LogP contribution in [-0.4, -0.2) is 30.7 Å². The number of alkyl halides is 3. The molecular formula is C14H12ClF3N2O2. The van der Waals surface area contributed by atoms with Crippen molar-refractivity contribution >= 4 is 28.4 Å². The molecule has 118 valence electrons. The second-order valence-electron chi connectivity index (χ2n) is 4.49. The summed E-state index contributed by atoms with van der Waals surface area (Å²) in [7, 11) is 1.51. The van der Waals surface area contributed by atoms with Gasteiger partial charge in [-0.2, -0.15) is 13.2 Å². The SMILES string of the molecule is COc1ccc2nc(Cl)cc(CCNC(=O)C(F)(F)F)c2c1. The van der Waals surface area contributed by atoms with Crippen molar-refractivity contribution in [3.63, 3.8) is 0 Å². The fourth-order valence-corrected chi connectivity index (χ4v) is 2.21. The number of carbonyl (C=O) groups excluding carboxylic acids is 1. The summed E-state index contributed by atoms with van der Waals surface area (Å²) in [6, 6.07) is 6.70. The Morgan fingerprint density at radius 1 is 1.36 bits per heavy atom. The van der Waals surface area contributed by atoms with Crippen molar-refractivity contribution in [2.45, 2.75) is 12.6 Å². The first kappa shape index (κ1) is 16.4. The lowest BCUT2D eigenvalue weighted by molar-refractivity contribution is -0.173. The van der Waals surface area contributed by atoms with Gasteiger partial charge in [-0.25, -0.2) is 4.98 Å². The van der Waals surface area contributed by atoms with Gasteiger partial charge < -0.3 is 10.1 Å². The molecule has 0 aliphatic heterocycles. The molecule has 8 heteroatoms. The summed E-state index contributed by atoms with van der Waals surface area (Å²) < 4.78 is 41.5. The first-order valence-electron chi connectivity index (χ1n) is 6.29. The number of ether oxygens (including phenoxy) is 1. The number of fused-ring (bicyclic) bond motifs is 1. The van der Waals surface area contributed by atoms with Crippen LogP contribution in [0, 0.1) is 0 Å². The molecule has 0 fully saturated rings. The fraction of sp³-hybridized carbons (Fsp3) is 0.286. The number of halogens is 4. The van der Waals surface area contributed by atoms with Gasteiger partial charge in [-0.05, 0) is 36.2 Å². The van der Waals surface area contributed by atoms with Crippen molar-refractivity contribution in [3.05, 3.63) is 35.0 Å². The number of pyridine rings is 1. The molecule has 1 aromatic carbocycles. The Morgan fingerprint density at radius 2 is 2.09 bits per heavy atom. The second-order valence-corrected chi connectivity index (χ2v) is 4.88. The van der Waals surface area contributed by atoms with E-state index in [9.17, 15) is 18.0 Å². The van der Waals surface area contributed by atoms with Crippen LogP contribution >= 0.6 is 11.6 Å². The third-order valence-electron chi connectivity index (χ3n) is 3.01. The van der Waals surface area contributed by atoms with Crippen molar-refractivity contribution in [2.24, 2.45) is 0 Å². The highest BCUT2D eigenvalue weighted by Crippen LogP contribution is 2.25. The zero-order valence-corrected chi connectivity index (χ0v) is 12.3. The summed E-state index contributed by atoms with van der Waals surface area (Å²) >= 11 is 5.90. The summed E-state index contributed by atoms with van der Waals surface area (Å²) in [6.07, 6.45) is -4.70. The molecule has 1 heterocycles. The van der Waals surface area contributed by atoms with Crippen LogP contribution in [-0.2, 0) is 11.2 Å². The van der Waals surface area contributed by atoms with Crippen LogP contribution in [0.15, 0.2) is 24.3 Å². The monoisotopic (exact) mass is 332 g/mol. The minimum absolute atomic E-state index is 0.162. The molecule has 2 aromatic rings. The Hall–Kier alpha value is -2.02. The lowest BCUT2D eigenvalue weighted by Gasteiger charge is -2.10. The number of rotatable bonds is 4. The van der Waals surface area contributed by atoms with Gasteiger partial charge in [0.05, 0.1) is 12.6 Å². The highest BCUT2D eigenvalue weighted by atomic mass is 35.5. The zero-order chi connectivity index (χ0) is 16.3. The highest BCUT2D eigenvalue weighted by molar-refractivity contribution is 6.29. The number of hydrogen-bond acceptors (Lipinski definition) is 3. The number of nitrogens with one attached hydrogen (secondary N) is 1. The standard InChI is InChI=1S/C14H12ClF3N2O2/c1-22-9-2-3-11-10(7-9)8(6-12(15)20-11)4-5-19-13(21)14(16,17)18/h2-3,6-7H,4-5H2,1H3,(H,19,21). The topological polar surface area (TPSA) is 51.2 Å².